The molecule has 2 rings (SSSR count). The number of nitrogens with zero attached hydrogens (tertiary/aromatic N) is 1. The van der Waals surface area contributed by atoms with Crippen LogP contribution in [-0.2, 0) is 0 Å². The Balaban J connectivity index is 2.40. The summed E-state index contributed by atoms with van der Waals surface area (Å²) in [6.07, 6.45) is 1.60. The van der Waals surface area contributed by atoms with Gasteiger partial charge in [0, 0.05) is 17.2 Å². The number of aromatic nitrogens is 1. The number of halogens is 3. The molecule has 0 saturated heterocycles. The molecule has 88 valence electrons. The lowest BCUT2D eigenvalue weighted by atomic mass is 10.3. The molecule has 1 aromatic carbocycles. The van der Waals surface area contributed by atoms with Crippen molar-refractivity contribution in [2.75, 3.05) is 5.73 Å². The fourth-order valence-electron chi connectivity index (χ4n) is 1.20. The third-order valence-corrected chi connectivity index (χ3v) is 3.97. The molecule has 0 aliphatic heterocycles. The van der Waals surface area contributed by atoms with E-state index in [-0.39, 0.29) is 5.69 Å². The van der Waals surface area contributed by atoms with Gasteiger partial charge in [0.1, 0.15) is 16.7 Å². The van der Waals surface area contributed by atoms with Gasteiger partial charge in [0.25, 0.3) is 0 Å². The van der Waals surface area contributed by atoms with Crippen molar-refractivity contribution in [3.8, 4) is 0 Å². The van der Waals surface area contributed by atoms with Gasteiger partial charge < -0.3 is 5.73 Å². The minimum Gasteiger partial charge on any atom is -0.395 e. The number of rotatable bonds is 2. The number of nitrogen functional groups attached to an aromatic ring is 1. The van der Waals surface area contributed by atoms with Crippen molar-refractivity contribution in [1.82, 2.24) is 4.98 Å². The molecule has 0 fully saturated rings. The molecule has 2 aromatic rings. The topological polar surface area (TPSA) is 38.9 Å². The second kappa shape index (κ2) is 5.01. The molecule has 2 nitrogen and oxygen atoms in total. The maximum Gasteiger partial charge on any atom is 0.150 e. The van der Waals surface area contributed by atoms with Crippen molar-refractivity contribution < 1.29 is 8.78 Å². The van der Waals surface area contributed by atoms with Crippen molar-refractivity contribution in [3.63, 3.8) is 0 Å². The predicted molar refractivity (Wildman–Crippen MR) is 66.8 cm³/mol. The third-order valence-electron chi connectivity index (χ3n) is 1.99. The highest BCUT2D eigenvalue weighted by atomic mass is 79.9. The molecular weight excluding hydrogens is 310 g/mol. The lowest BCUT2D eigenvalue weighted by Gasteiger charge is -2.07. The van der Waals surface area contributed by atoms with Crippen LogP contribution in [0.3, 0.4) is 0 Å². The average Bonchev–Trinajstić information content (AvgIpc) is 2.28. The highest BCUT2D eigenvalue weighted by Gasteiger charge is 2.11. The standard InChI is InChI=1S/C11H7BrF2N2S/c12-7-2-1-3-16-11(7)17-9-5-6(13)4-8(14)10(9)15/h1-5H,15H2. The molecule has 1 heterocycles. The van der Waals surface area contributed by atoms with E-state index in [1.54, 1.807) is 18.3 Å². The van der Waals surface area contributed by atoms with E-state index in [0.29, 0.717) is 9.92 Å². The lowest BCUT2D eigenvalue weighted by Crippen LogP contribution is -1.95. The van der Waals surface area contributed by atoms with Crippen LogP contribution in [-0.4, -0.2) is 4.98 Å². The Kier molecular flexibility index (Phi) is 3.63. The van der Waals surface area contributed by atoms with E-state index in [4.69, 9.17) is 5.73 Å². The molecule has 2 N–H and O–H groups in total. The molecule has 0 aliphatic rings. The number of anilines is 1. The van der Waals surface area contributed by atoms with Gasteiger partial charge in [-0.15, -0.1) is 0 Å². The Hall–Kier alpha value is -1.14. The summed E-state index contributed by atoms with van der Waals surface area (Å²) in [7, 11) is 0. The quantitative estimate of drug-likeness (QED) is 0.855. The molecule has 1 aromatic heterocycles. The van der Waals surface area contributed by atoms with Gasteiger partial charge in [0.05, 0.1) is 10.2 Å². The number of hydrogen-bond donors (Lipinski definition) is 1. The molecule has 0 atom stereocenters. The minimum absolute atomic E-state index is 0.0750. The van der Waals surface area contributed by atoms with Crippen molar-refractivity contribution in [1.29, 1.82) is 0 Å². The van der Waals surface area contributed by atoms with Gasteiger partial charge in [-0.2, -0.15) is 0 Å². The zero-order chi connectivity index (χ0) is 12.4. The van der Waals surface area contributed by atoms with E-state index in [1.165, 1.54) is 6.07 Å². The zero-order valence-corrected chi connectivity index (χ0v) is 10.9. The summed E-state index contributed by atoms with van der Waals surface area (Å²) in [5, 5.41) is 0.601. The summed E-state index contributed by atoms with van der Waals surface area (Å²) in [4.78, 5) is 4.40. The van der Waals surface area contributed by atoms with Crippen molar-refractivity contribution in [2.24, 2.45) is 0 Å². The number of pyridine rings is 1. The summed E-state index contributed by atoms with van der Waals surface area (Å²) < 4.78 is 27.0. The largest absolute Gasteiger partial charge is 0.395 e. The number of nitrogens with two attached hydrogens (primary N) is 1. The second-order valence-corrected chi connectivity index (χ2v) is 5.08. The van der Waals surface area contributed by atoms with E-state index in [9.17, 15) is 8.78 Å². The van der Waals surface area contributed by atoms with Gasteiger partial charge in [0.2, 0.25) is 0 Å². The van der Waals surface area contributed by atoms with E-state index in [0.717, 1.165) is 22.3 Å². The third kappa shape index (κ3) is 2.76. The Morgan fingerprint density at radius 3 is 2.76 bits per heavy atom. The van der Waals surface area contributed by atoms with Crippen LogP contribution in [0.2, 0.25) is 0 Å². The zero-order valence-electron chi connectivity index (χ0n) is 8.45. The summed E-state index contributed by atoms with van der Waals surface area (Å²) in [6.45, 7) is 0. The van der Waals surface area contributed by atoms with Crippen LogP contribution in [0, 0.1) is 11.6 Å². The number of hydrogen-bond acceptors (Lipinski definition) is 3. The summed E-state index contributed by atoms with van der Waals surface area (Å²) in [5.74, 6) is -1.43. The summed E-state index contributed by atoms with van der Waals surface area (Å²) >= 11 is 4.41. The van der Waals surface area contributed by atoms with Gasteiger partial charge in [-0.05, 0) is 34.1 Å². The molecule has 0 saturated carbocycles. The molecular formula is C11H7BrF2N2S. The first kappa shape index (κ1) is 12.3. The van der Waals surface area contributed by atoms with Gasteiger partial charge in [-0.1, -0.05) is 11.8 Å². The highest BCUT2D eigenvalue weighted by Crippen LogP contribution is 2.36. The smallest absolute Gasteiger partial charge is 0.150 e. The number of benzene rings is 1. The fraction of sp³-hybridized carbons (Fsp3) is 0. The molecule has 0 unspecified atom stereocenters. The molecule has 17 heavy (non-hydrogen) atoms. The average molecular weight is 317 g/mol. The van der Waals surface area contributed by atoms with Gasteiger partial charge in [-0.25, -0.2) is 13.8 Å². The van der Waals surface area contributed by atoms with Crippen LogP contribution in [0.25, 0.3) is 0 Å². The monoisotopic (exact) mass is 316 g/mol. The Labute approximate surface area is 109 Å². The van der Waals surface area contributed by atoms with Crippen LogP contribution < -0.4 is 5.73 Å². The van der Waals surface area contributed by atoms with Crippen LogP contribution in [0.5, 0.6) is 0 Å². The Morgan fingerprint density at radius 1 is 1.29 bits per heavy atom. The van der Waals surface area contributed by atoms with Crippen LogP contribution in [0.1, 0.15) is 0 Å². The molecule has 6 heteroatoms. The SMILES string of the molecule is Nc1c(F)cc(F)cc1Sc1ncccc1Br. The van der Waals surface area contributed by atoms with E-state index in [2.05, 4.69) is 20.9 Å². The first-order valence-electron chi connectivity index (χ1n) is 4.61. The Morgan fingerprint density at radius 2 is 2.06 bits per heavy atom. The van der Waals surface area contributed by atoms with Gasteiger partial charge in [0.15, 0.2) is 0 Å². The van der Waals surface area contributed by atoms with Crippen LogP contribution >= 0.6 is 27.7 Å². The molecule has 0 bridgehead atoms. The van der Waals surface area contributed by atoms with Crippen LogP contribution in [0.15, 0.2) is 44.9 Å². The maximum absolute atomic E-state index is 13.2. The summed E-state index contributed by atoms with van der Waals surface area (Å²) in [5.41, 5.74) is 5.47. The normalized spacial score (nSPS) is 10.5. The molecule has 0 aliphatic carbocycles. The molecule has 0 radical (unpaired) electrons. The van der Waals surface area contributed by atoms with E-state index in [1.807, 2.05) is 0 Å². The van der Waals surface area contributed by atoms with E-state index < -0.39 is 11.6 Å². The Bertz CT molecular complexity index is 563. The summed E-state index contributed by atoms with van der Waals surface area (Å²) in [6, 6.07) is 5.49. The van der Waals surface area contributed by atoms with E-state index >= 15 is 0 Å². The van der Waals surface area contributed by atoms with Crippen molar-refractivity contribution in [3.05, 3.63) is 46.6 Å². The first-order valence-corrected chi connectivity index (χ1v) is 6.22. The fourth-order valence-corrected chi connectivity index (χ4v) is 2.56. The maximum atomic E-state index is 13.2. The van der Waals surface area contributed by atoms with Crippen LogP contribution in [0.4, 0.5) is 14.5 Å². The van der Waals surface area contributed by atoms with Gasteiger partial charge >= 0.3 is 0 Å². The lowest BCUT2D eigenvalue weighted by molar-refractivity contribution is 0.581. The predicted octanol–water partition coefficient (Wildman–Crippen LogP) is 3.86. The van der Waals surface area contributed by atoms with Gasteiger partial charge in [-0.3, -0.25) is 0 Å². The van der Waals surface area contributed by atoms with Crippen molar-refractivity contribution in [2.45, 2.75) is 9.92 Å². The molecule has 0 spiro atoms. The minimum atomic E-state index is -0.764. The second-order valence-electron chi connectivity index (χ2n) is 3.19. The molecule has 0 amide bonds. The first-order chi connectivity index (χ1) is 8.08. The highest BCUT2D eigenvalue weighted by molar-refractivity contribution is 9.10. The van der Waals surface area contributed by atoms with Crippen molar-refractivity contribution >= 4 is 33.4 Å².